The average Bonchev–Trinajstić information content (AvgIpc) is 2.68. The van der Waals surface area contributed by atoms with Gasteiger partial charge >= 0.3 is 0 Å². The lowest BCUT2D eigenvalue weighted by atomic mass is 10.1. The summed E-state index contributed by atoms with van der Waals surface area (Å²) in [6.07, 6.45) is 1.75. The molecule has 4 heteroatoms. The zero-order valence-electron chi connectivity index (χ0n) is 9.68. The van der Waals surface area contributed by atoms with Gasteiger partial charge in [0.05, 0.1) is 5.57 Å². The Balaban J connectivity index is 2.53. The Morgan fingerprint density at radius 2 is 2.18 bits per heavy atom. The van der Waals surface area contributed by atoms with Crippen LogP contribution in [0.25, 0.3) is 16.7 Å². The van der Waals surface area contributed by atoms with E-state index in [1.54, 1.807) is 6.08 Å². The quantitative estimate of drug-likeness (QED) is 0.669. The van der Waals surface area contributed by atoms with Gasteiger partial charge in [0.1, 0.15) is 5.52 Å². The van der Waals surface area contributed by atoms with Crippen LogP contribution in [0.1, 0.15) is 19.7 Å². The molecule has 0 fully saturated rings. The second-order valence-electron chi connectivity index (χ2n) is 3.86. The largest absolute Gasteiger partial charge is 0.436 e. The number of carbonyl (C=O) groups is 1. The summed E-state index contributed by atoms with van der Waals surface area (Å²) in [7, 11) is 0. The van der Waals surface area contributed by atoms with Gasteiger partial charge in [0.15, 0.2) is 11.4 Å². The molecule has 2 aromatic rings. The molecule has 0 spiro atoms. The number of ketones is 1. The molecule has 1 aromatic heterocycles. The third kappa shape index (κ3) is 2.58. The molecule has 0 aliphatic rings. The first kappa shape index (κ1) is 11.9. The van der Waals surface area contributed by atoms with Crippen LogP contribution in [0.15, 0.2) is 34.8 Å². The standard InChI is InChI=1S/C13H13NO2S/c1-8(17)7-10(9(2)15)13-14-11-5-3-4-6-12(11)16-13/h3-8,17H,1-2H3/b10-7+. The third-order valence-electron chi connectivity index (χ3n) is 2.31. The van der Waals surface area contributed by atoms with Crippen molar-refractivity contribution >= 4 is 35.1 Å². The lowest BCUT2D eigenvalue weighted by Gasteiger charge is -2.00. The number of fused-ring (bicyclic) bond motifs is 1. The van der Waals surface area contributed by atoms with Crippen molar-refractivity contribution in [1.82, 2.24) is 4.98 Å². The minimum atomic E-state index is -0.0718. The number of allylic oxidation sites excluding steroid dienone is 1. The predicted octanol–water partition coefficient (Wildman–Crippen LogP) is 3.12. The van der Waals surface area contributed by atoms with Crippen molar-refractivity contribution in [2.75, 3.05) is 0 Å². The van der Waals surface area contributed by atoms with Gasteiger partial charge in [-0.2, -0.15) is 12.6 Å². The molecule has 1 aromatic carbocycles. The summed E-state index contributed by atoms with van der Waals surface area (Å²) >= 11 is 4.25. The second-order valence-corrected chi connectivity index (χ2v) is 4.68. The van der Waals surface area contributed by atoms with Gasteiger partial charge in [-0.25, -0.2) is 4.98 Å². The molecule has 0 aliphatic heterocycles. The van der Waals surface area contributed by atoms with Crippen LogP contribution in [0.4, 0.5) is 0 Å². The van der Waals surface area contributed by atoms with E-state index < -0.39 is 0 Å². The van der Waals surface area contributed by atoms with E-state index in [0.717, 1.165) is 5.52 Å². The third-order valence-corrected chi connectivity index (χ3v) is 2.46. The molecule has 0 radical (unpaired) electrons. The van der Waals surface area contributed by atoms with Crippen molar-refractivity contribution in [3.05, 3.63) is 36.2 Å². The molecule has 17 heavy (non-hydrogen) atoms. The van der Waals surface area contributed by atoms with Gasteiger partial charge in [0.2, 0.25) is 5.89 Å². The Kier molecular flexibility index (Phi) is 3.33. The van der Waals surface area contributed by atoms with Gasteiger partial charge < -0.3 is 4.42 Å². The number of rotatable bonds is 3. The summed E-state index contributed by atoms with van der Waals surface area (Å²) in [5.74, 6) is 0.289. The molecule has 0 amide bonds. The monoisotopic (exact) mass is 247 g/mol. The zero-order chi connectivity index (χ0) is 12.4. The summed E-state index contributed by atoms with van der Waals surface area (Å²) in [6.45, 7) is 3.38. The van der Waals surface area contributed by atoms with Crippen molar-refractivity contribution in [3.8, 4) is 0 Å². The number of Topliss-reactive ketones (excluding diaryl/α,β-unsaturated/α-hetero) is 1. The number of hydrogen-bond acceptors (Lipinski definition) is 4. The average molecular weight is 247 g/mol. The number of para-hydroxylation sites is 2. The van der Waals surface area contributed by atoms with Gasteiger partial charge in [-0.15, -0.1) is 0 Å². The first-order chi connectivity index (χ1) is 8.08. The maximum absolute atomic E-state index is 11.6. The summed E-state index contributed by atoms with van der Waals surface area (Å²) < 4.78 is 5.56. The number of thiol groups is 1. The molecule has 88 valence electrons. The maximum atomic E-state index is 11.6. The van der Waals surface area contributed by atoms with E-state index in [0.29, 0.717) is 17.0 Å². The van der Waals surface area contributed by atoms with Crippen molar-refractivity contribution < 1.29 is 9.21 Å². The molecule has 3 nitrogen and oxygen atoms in total. The van der Waals surface area contributed by atoms with Crippen LogP contribution in [-0.2, 0) is 4.79 Å². The van der Waals surface area contributed by atoms with Gasteiger partial charge in [0.25, 0.3) is 0 Å². The first-order valence-corrected chi connectivity index (χ1v) is 5.86. The Bertz CT molecular complexity index is 551. The van der Waals surface area contributed by atoms with Crippen molar-refractivity contribution in [2.45, 2.75) is 19.1 Å². The molecule has 2 rings (SSSR count). The minimum absolute atomic E-state index is 0.0242. The van der Waals surface area contributed by atoms with Crippen LogP contribution in [0.2, 0.25) is 0 Å². The molecule has 1 heterocycles. The Labute approximate surface area is 105 Å². The molecule has 0 N–H and O–H groups in total. The Morgan fingerprint density at radius 3 is 2.76 bits per heavy atom. The fourth-order valence-corrected chi connectivity index (χ4v) is 1.72. The van der Waals surface area contributed by atoms with Crippen molar-refractivity contribution in [1.29, 1.82) is 0 Å². The molecule has 0 aliphatic carbocycles. The number of oxazole rings is 1. The highest BCUT2D eigenvalue weighted by Gasteiger charge is 2.15. The number of carbonyl (C=O) groups excluding carboxylic acids is 1. The van der Waals surface area contributed by atoms with Crippen LogP contribution >= 0.6 is 12.6 Å². The first-order valence-electron chi connectivity index (χ1n) is 5.34. The number of nitrogens with zero attached hydrogens (tertiary/aromatic N) is 1. The highest BCUT2D eigenvalue weighted by atomic mass is 32.1. The smallest absolute Gasteiger partial charge is 0.230 e. The number of benzene rings is 1. The van der Waals surface area contributed by atoms with Crippen LogP contribution in [0.3, 0.4) is 0 Å². The van der Waals surface area contributed by atoms with Crippen LogP contribution in [-0.4, -0.2) is 16.0 Å². The fraction of sp³-hybridized carbons (Fsp3) is 0.231. The molecule has 0 saturated heterocycles. The SMILES string of the molecule is CC(=O)/C(=C\C(C)S)c1nc2ccccc2o1. The topological polar surface area (TPSA) is 43.1 Å². The molecule has 0 saturated carbocycles. The normalized spacial score (nSPS) is 13.9. The van der Waals surface area contributed by atoms with Crippen LogP contribution in [0.5, 0.6) is 0 Å². The summed E-state index contributed by atoms with van der Waals surface area (Å²) in [5.41, 5.74) is 1.91. The Morgan fingerprint density at radius 1 is 1.47 bits per heavy atom. The van der Waals surface area contributed by atoms with Crippen molar-refractivity contribution in [3.63, 3.8) is 0 Å². The molecular weight excluding hydrogens is 234 g/mol. The predicted molar refractivity (Wildman–Crippen MR) is 71.1 cm³/mol. The van der Waals surface area contributed by atoms with E-state index in [2.05, 4.69) is 17.6 Å². The Hall–Kier alpha value is -1.55. The van der Waals surface area contributed by atoms with Gasteiger partial charge in [-0.3, -0.25) is 4.79 Å². The minimum Gasteiger partial charge on any atom is -0.436 e. The van der Waals surface area contributed by atoms with E-state index >= 15 is 0 Å². The lowest BCUT2D eigenvalue weighted by molar-refractivity contribution is -0.111. The highest BCUT2D eigenvalue weighted by Crippen LogP contribution is 2.22. The van der Waals surface area contributed by atoms with Crippen LogP contribution in [0, 0.1) is 0 Å². The van der Waals surface area contributed by atoms with E-state index in [-0.39, 0.29) is 11.0 Å². The molecular formula is C13H13NO2S. The molecule has 1 unspecified atom stereocenters. The summed E-state index contributed by atoms with van der Waals surface area (Å²) in [6, 6.07) is 7.43. The van der Waals surface area contributed by atoms with E-state index in [1.807, 2.05) is 31.2 Å². The summed E-state index contributed by atoms with van der Waals surface area (Å²) in [5, 5.41) is -0.0242. The summed E-state index contributed by atoms with van der Waals surface area (Å²) in [4.78, 5) is 15.9. The van der Waals surface area contributed by atoms with Crippen molar-refractivity contribution in [2.24, 2.45) is 0 Å². The fourth-order valence-electron chi connectivity index (χ4n) is 1.57. The van der Waals surface area contributed by atoms with E-state index in [1.165, 1.54) is 6.92 Å². The second kappa shape index (κ2) is 4.75. The highest BCUT2D eigenvalue weighted by molar-refractivity contribution is 7.81. The zero-order valence-corrected chi connectivity index (χ0v) is 10.6. The van der Waals surface area contributed by atoms with Gasteiger partial charge in [-0.1, -0.05) is 18.2 Å². The van der Waals surface area contributed by atoms with E-state index in [9.17, 15) is 4.79 Å². The molecule has 1 atom stereocenters. The number of hydrogen-bond donors (Lipinski definition) is 1. The van der Waals surface area contributed by atoms with Crippen LogP contribution < -0.4 is 0 Å². The van der Waals surface area contributed by atoms with Gasteiger partial charge in [0, 0.05) is 5.25 Å². The van der Waals surface area contributed by atoms with E-state index in [4.69, 9.17) is 4.42 Å². The van der Waals surface area contributed by atoms with Gasteiger partial charge in [-0.05, 0) is 26.0 Å². The lowest BCUT2D eigenvalue weighted by Crippen LogP contribution is -1.99. The maximum Gasteiger partial charge on any atom is 0.230 e. The molecule has 0 bridgehead atoms. The number of aromatic nitrogens is 1.